The third kappa shape index (κ3) is 4.13. The van der Waals surface area contributed by atoms with Gasteiger partial charge < -0.3 is 4.90 Å². The highest BCUT2D eigenvalue weighted by molar-refractivity contribution is 6.30. The lowest BCUT2D eigenvalue weighted by Gasteiger charge is -2.49. The Balaban J connectivity index is 1.81. The van der Waals surface area contributed by atoms with Gasteiger partial charge in [-0.25, -0.2) is 0 Å². The number of nitrogens with zero attached hydrogens (tertiary/aromatic N) is 2. The Morgan fingerprint density at radius 3 is 1.74 bits per heavy atom. The maximum absolute atomic E-state index is 13.8. The topological polar surface area (TPSA) is 61.2 Å². The molecule has 2 aliphatic carbocycles. The number of benzene rings is 2. The van der Waals surface area contributed by atoms with Crippen molar-refractivity contribution in [2.24, 2.45) is 10.8 Å². The molecule has 1 heterocycles. The number of carbonyl (C=O) groups excluding carboxylic acids is 2. The molecule has 35 heavy (non-hydrogen) atoms. The predicted molar refractivity (Wildman–Crippen MR) is 138 cm³/mol. The standard InChI is InChI=1S/C30H29ClN2O2/c1-29(2)13-22-27(24(34)15-29)26(19-7-5-18(17-32)6-8-19)28-23(14-30(3,4)16-25(28)35)33(22)21-11-9-20(31)10-12-21/h5-12,26H,13-16H2,1-4H3. The van der Waals surface area contributed by atoms with Gasteiger partial charge in [0.2, 0.25) is 0 Å². The Morgan fingerprint density at radius 2 is 1.29 bits per heavy atom. The Morgan fingerprint density at radius 1 is 0.800 bits per heavy atom. The summed E-state index contributed by atoms with van der Waals surface area (Å²) in [5.74, 6) is -0.231. The van der Waals surface area contributed by atoms with Crippen LogP contribution in [0.5, 0.6) is 0 Å². The van der Waals surface area contributed by atoms with Crippen molar-refractivity contribution in [3.63, 3.8) is 0 Å². The van der Waals surface area contributed by atoms with E-state index in [1.165, 1.54) is 0 Å². The molecule has 5 heteroatoms. The van der Waals surface area contributed by atoms with Crippen molar-refractivity contribution in [2.75, 3.05) is 4.90 Å². The van der Waals surface area contributed by atoms with Crippen molar-refractivity contribution in [1.29, 1.82) is 5.26 Å². The van der Waals surface area contributed by atoms with E-state index in [1.54, 1.807) is 12.1 Å². The summed E-state index contributed by atoms with van der Waals surface area (Å²) in [5, 5.41) is 9.94. The van der Waals surface area contributed by atoms with Crippen molar-refractivity contribution >= 4 is 28.9 Å². The summed E-state index contributed by atoms with van der Waals surface area (Å²) in [6.07, 6.45) is 2.34. The number of rotatable bonds is 2. The lowest BCUT2D eigenvalue weighted by molar-refractivity contribution is -0.119. The van der Waals surface area contributed by atoms with Crippen LogP contribution in [0, 0.1) is 22.2 Å². The summed E-state index contributed by atoms with van der Waals surface area (Å²) in [5.41, 5.74) is 5.38. The van der Waals surface area contributed by atoms with Crippen LogP contribution in [0.25, 0.3) is 0 Å². The van der Waals surface area contributed by atoms with Crippen molar-refractivity contribution in [2.45, 2.75) is 59.3 Å². The third-order valence-electron chi connectivity index (χ3n) is 7.37. The molecular formula is C30H29ClN2O2. The van der Waals surface area contributed by atoms with Gasteiger partial charge in [0.1, 0.15) is 0 Å². The summed E-state index contributed by atoms with van der Waals surface area (Å²) < 4.78 is 0. The second-order valence-corrected chi connectivity index (χ2v) is 12.0. The summed E-state index contributed by atoms with van der Waals surface area (Å²) in [7, 11) is 0. The number of ketones is 2. The minimum Gasteiger partial charge on any atom is -0.317 e. The van der Waals surface area contributed by atoms with E-state index in [0.717, 1.165) is 46.6 Å². The normalized spacial score (nSPS) is 21.5. The molecule has 0 saturated carbocycles. The zero-order chi connectivity index (χ0) is 25.1. The fourth-order valence-electron chi connectivity index (χ4n) is 5.95. The van der Waals surface area contributed by atoms with Crippen LogP contribution >= 0.6 is 11.6 Å². The van der Waals surface area contributed by atoms with E-state index < -0.39 is 5.92 Å². The van der Waals surface area contributed by atoms with Crippen LogP contribution in [0.3, 0.4) is 0 Å². The van der Waals surface area contributed by atoms with Crippen molar-refractivity contribution < 1.29 is 9.59 Å². The fourth-order valence-corrected chi connectivity index (χ4v) is 6.08. The van der Waals surface area contributed by atoms with Crippen LogP contribution in [-0.2, 0) is 9.59 Å². The van der Waals surface area contributed by atoms with Gasteiger partial charge in [-0.3, -0.25) is 9.59 Å². The highest BCUT2D eigenvalue weighted by Crippen LogP contribution is 2.55. The SMILES string of the molecule is CC1(C)CC(=O)C2=C(C1)N(c1ccc(Cl)cc1)C1=C(C(=O)CC(C)(C)C1)C2c1ccc(C#N)cc1. The summed E-state index contributed by atoms with van der Waals surface area (Å²) >= 11 is 6.22. The highest BCUT2D eigenvalue weighted by atomic mass is 35.5. The molecule has 1 aliphatic heterocycles. The van der Waals surface area contributed by atoms with Crippen LogP contribution < -0.4 is 4.90 Å². The number of anilines is 1. The Kier molecular flexibility index (Phi) is 5.53. The van der Waals surface area contributed by atoms with Gasteiger partial charge in [-0.05, 0) is 65.6 Å². The minimum absolute atomic E-state index is 0.0914. The molecule has 0 atom stereocenters. The molecule has 4 nitrogen and oxygen atoms in total. The molecule has 0 amide bonds. The molecule has 5 rings (SSSR count). The van der Waals surface area contributed by atoms with E-state index in [9.17, 15) is 14.9 Å². The largest absolute Gasteiger partial charge is 0.317 e. The van der Waals surface area contributed by atoms with E-state index in [1.807, 2.05) is 36.4 Å². The quantitative estimate of drug-likeness (QED) is 0.456. The molecule has 0 N–H and O–H groups in total. The Hall–Kier alpha value is -3.16. The maximum atomic E-state index is 13.8. The molecule has 2 aromatic rings. The first-order valence-corrected chi connectivity index (χ1v) is 12.5. The average molecular weight is 485 g/mol. The molecule has 0 spiro atoms. The maximum Gasteiger partial charge on any atom is 0.162 e. The van der Waals surface area contributed by atoms with E-state index in [0.29, 0.717) is 23.4 Å². The van der Waals surface area contributed by atoms with Crippen molar-refractivity contribution in [3.8, 4) is 6.07 Å². The average Bonchev–Trinajstić information content (AvgIpc) is 2.77. The zero-order valence-electron chi connectivity index (χ0n) is 20.6. The molecule has 0 bridgehead atoms. The monoisotopic (exact) mass is 484 g/mol. The number of nitriles is 1. The Labute approximate surface area is 211 Å². The third-order valence-corrected chi connectivity index (χ3v) is 7.62. The zero-order valence-corrected chi connectivity index (χ0v) is 21.4. The van der Waals surface area contributed by atoms with Crippen LogP contribution in [0.1, 0.15) is 70.4 Å². The van der Waals surface area contributed by atoms with Gasteiger partial charge in [0.15, 0.2) is 11.6 Å². The van der Waals surface area contributed by atoms with Crippen LogP contribution in [0.2, 0.25) is 5.02 Å². The molecule has 178 valence electrons. The number of Topliss-reactive ketones (excluding diaryl/α,β-unsaturated/α-hetero) is 2. The van der Waals surface area contributed by atoms with E-state index in [2.05, 4.69) is 38.7 Å². The van der Waals surface area contributed by atoms with E-state index in [4.69, 9.17) is 11.6 Å². The first-order valence-electron chi connectivity index (χ1n) is 12.1. The molecule has 0 radical (unpaired) electrons. The molecule has 2 aromatic carbocycles. The van der Waals surface area contributed by atoms with Gasteiger partial charge in [-0.2, -0.15) is 5.26 Å². The predicted octanol–water partition coefficient (Wildman–Crippen LogP) is 7.10. The number of halogens is 1. The van der Waals surface area contributed by atoms with Gasteiger partial charge in [-0.1, -0.05) is 51.4 Å². The first kappa shape index (κ1) is 23.6. The van der Waals surface area contributed by atoms with Crippen LogP contribution in [0.4, 0.5) is 5.69 Å². The van der Waals surface area contributed by atoms with Gasteiger partial charge >= 0.3 is 0 Å². The smallest absolute Gasteiger partial charge is 0.162 e. The second-order valence-electron chi connectivity index (χ2n) is 11.6. The number of allylic oxidation sites excluding steroid dienone is 4. The van der Waals surface area contributed by atoms with Gasteiger partial charge in [0, 0.05) is 52.0 Å². The summed E-state index contributed by atoms with van der Waals surface area (Å²) in [6, 6.07) is 17.2. The summed E-state index contributed by atoms with van der Waals surface area (Å²) in [6.45, 7) is 8.52. The summed E-state index contributed by atoms with van der Waals surface area (Å²) in [4.78, 5) is 29.8. The van der Waals surface area contributed by atoms with Crippen LogP contribution in [0.15, 0.2) is 71.1 Å². The molecule has 3 aliphatic rings. The second kappa shape index (κ2) is 8.21. The highest BCUT2D eigenvalue weighted by Gasteiger charge is 2.49. The van der Waals surface area contributed by atoms with Gasteiger partial charge in [-0.15, -0.1) is 0 Å². The number of hydrogen-bond donors (Lipinski definition) is 0. The molecule has 0 unspecified atom stereocenters. The molecule has 0 aromatic heterocycles. The molecular weight excluding hydrogens is 456 g/mol. The van der Waals surface area contributed by atoms with Crippen LogP contribution in [-0.4, -0.2) is 11.6 Å². The van der Waals surface area contributed by atoms with Crippen molar-refractivity contribution in [1.82, 2.24) is 0 Å². The Bertz CT molecular complexity index is 1280. The van der Waals surface area contributed by atoms with Gasteiger partial charge in [0.25, 0.3) is 0 Å². The lowest BCUT2D eigenvalue weighted by atomic mass is 9.63. The molecule has 0 saturated heterocycles. The van der Waals surface area contributed by atoms with E-state index in [-0.39, 0.29) is 22.4 Å². The molecule has 0 fully saturated rings. The first-order chi connectivity index (χ1) is 16.5. The van der Waals surface area contributed by atoms with Gasteiger partial charge in [0.05, 0.1) is 11.6 Å². The van der Waals surface area contributed by atoms with Crippen molar-refractivity contribution in [3.05, 3.63) is 87.2 Å². The number of hydrogen-bond acceptors (Lipinski definition) is 4. The fraction of sp³-hybridized carbons (Fsp3) is 0.367. The minimum atomic E-state index is -0.413. The van der Waals surface area contributed by atoms with E-state index >= 15 is 0 Å². The number of carbonyl (C=O) groups is 2. The lowest BCUT2D eigenvalue weighted by Crippen LogP contribution is -2.44.